The van der Waals surface area contributed by atoms with E-state index in [4.69, 9.17) is 4.42 Å². The first-order valence-electron chi connectivity index (χ1n) is 9.17. The van der Waals surface area contributed by atoms with E-state index in [1.807, 2.05) is 44.2 Å². The molecule has 4 rings (SSSR count). The molecule has 0 spiro atoms. The summed E-state index contributed by atoms with van der Waals surface area (Å²) in [6.45, 7) is 4.11. The lowest BCUT2D eigenvalue weighted by molar-refractivity contribution is 0.0716. The maximum absolute atomic E-state index is 13.5. The van der Waals surface area contributed by atoms with Crippen LogP contribution in [0.15, 0.2) is 50.1 Å². The number of nitrogens with zero attached hydrogens (tertiary/aromatic N) is 1. The van der Waals surface area contributed by atoms with Crippen LogP contribution in [0.5, 0.6) is 0 Å². The number of aliphatic hydroxyl groups is 1. The molecule has 1 atom stereocenters. The van der Waals surface area contributed by atoms with Gasteiger partial charge in [0.2, 0.25) is 5.76 Å². The normalized spacial score (nSPS) is 16.1. The lowest BCUT2D eigenvalue weighted by atomic mass is 9.97. The van der Waals surface area contributed by atoms with Crippen LogP contribution < -0.4 is 5.43 Å². The van der Waals surface area contributed by atoms with Gasteiger partial charge in [-0.25, -0.2) is 0 Å². The Morgan fingerprint density at radius 1 is 1.18 bits per heavy atom. The van der Waals surface area contributed by atoms with E-state index in [2.05, 4.69) is 15.9 Å². The molecule has 2 heterocycles. The van der Waals surface area contributed by atoms with E-state index in [1.54, 1.807) is 11.0 Å². The van der Waals surface area contributed by atoms with Crippen LogP contribution in [-0.4, -0.2) is 29.1 Å². The van der Waals surface area contributed by atoms with E-state index in [1.165, 1.54) is 0 Å². The van der Waals surface area contributed by atoms with Gasteiger partial charge >= 0.3 is 0 Å². The SMILES string of the molecule is Cc1cc(C)c2c(=O)c3c(oc2c1)C(=O)N(CCCO)C3c1cccc(Br)c1. The van der Waals surface area contributed by atoms with Crippen molar-refractivity contribution in [2.75, 3.05) is 13.2 Å². The molecular formula is C22H20BrNO4. The number of aryl methyl sites for hydroxylation is 2. The summed E-state index contributed by atoms with van der Waals surface area (Å²) in [7, 11) is 0. The van der Waals surface area contributed by atoms with Crippen molar-refractivity contribution in [3.05, 3.63) is 79.1 Å². The average molecular weight is 442 g/mol. The highest BCUT2D eigenvalue weighted by Gasteiger charge is 2.42. The van der Waals surface area contributed by atoms with Gasteiger partial charge in [-0.15, -0.1) is 0 Å². The Morgan fingerprint density at radius 2 is 1.96 bits per heavy atom. The molecule has 144 valence electrons. The van der Waals surface area contributed by atoms with Crippen molar-refractivity contribution in [1.82, 2.24) is 4.90 Å². The summed E-state index contributed by atoms with van der Waals surface area (Å²) in [5, 5.41) is 9.79. The summed E-state index contributed by atoms with van der Waals surface area (Å²) in [6, 6.07) is 10.8. The summed E-state index contributed by atoms with van der Waals surface area (Å²) in [6.07, 6.45) is 0.427. The predicted octanol–water partition coefficient (Wildman–Crippen LogP) is 4.10. The van der Waals surface area contributed by atoms with Crippen molar-refractivity contribution in [3.63, 3.8) is 0 Å². The summed E-state index contributed by atoms with van der Waals surface area (Å²) >= 11 is 3.47. The van der Waals surface area contributed by atoms with Crippen molar-refractivity contribution in [2.45, 2.75) is 26.3 Å². The standard InChI is InChI=1S/C22H20BrNO4/c1-12-9-13(2)17-16(10-12)28-21-18(20(17)26)19(14-5-3-6-15(23)11-14)24(22(21)27)7-4-8-25/h3,5-6,9-11,19,25H,4,7-8H2,1-2H3. The summed E-state index contributed by atoms with van der Waals surface area (Å²) in [4.78, 5) is 28.2. The van der Waals surface area contributed by atoms with Gasteiger partial charge in [0.15, 0.2) is 5.43 Å². The molecule has 1 aliphatic rings. The number of amides is 1. The molecule has 1 unspecified atom stereocenters. The Bertz CT molecular complexity index is 1150. The second-order valence-corrected chi connectivity index (χ2v) is 8.08. The van der Waals surface area contributed by atoms with Gasteiger partial charge in [-0.3, -0.25) is 9.59 Å². The molecule has 28 heavy (non-hydrogen) atoms. The third-order valence-electron chi connectivity index (χ3n) is 5.13. The van der Waals surface area contributed by atoms with Gasteiger partial charge in [-0.05, 0) is 55.2 Å². The largest absolute Gasteiger partial charge is 0.450 e. The number of benzene rings is 2. The van der Waals surface area contributed by atoms with E-state index >= 15 is 0 Å². The molecule has 0 fully saturated rings. The first-order valence-corrected chi connectivity index (χ1v) is 9.97. The van der Waals surface area contributed by atoms with Crippen molar-refractivity contribution in [2.24, 2.45) is 0 Å². The van der Waals surface area contributed by atoms with Gasteiger partial charge in [0.25, 0.3) is 5.91 Å². The second-order valence-electron chi connectivity index (χ2n) is 7.16. The zero-order chi connectivity index (χ0) is 20.0. The summed E-state index contributed by atoms with van der Waals surface area (Å²) in [5.74, 6) is -0.211. The first-order chi connectivity index (χ1) is 13.4. The molecule has 5 nitrogen and oxygen atoms in total. The Balaban J connectivity index is 2.01. The number of aliphatic hydroxyl groups excluding tert-OH is 1. The third-order valence-corrected chi connectivity index (χ3v) is 5.63. The molecule has 0 saturated carbocycles. The molecular weight excluding hydrogens is 422 g/mol. The van der Waals surface area contributed by atoms with Crippen LogP contribution >= 0.6 is 15.9 Å². The summed E-state index contributed by atoms with van der Waals surface area (Å²) in [5.41, 5.74) is 3.28. The highest BCUT2D eigenvalue weighted by Crippen LogP contribution is 2.39. The Morgan fingerprint density at radius 3 is 2.68 bits per heavy atom. The first kappa shape index (κ1) is 18.9. The van der Waals surface area contributed by atoms with Gasteiger partial charge in [0, 0.05) is 17.6 Å². The van der Waals surface area contributed by atoms with Crippen LogP contribution in [0.1, 0.15) is 45.3 Å². The zero-order valence-corrected chi connectivity index (χ0v) is 17.2. The Labute approximate surface area is 170 Å². The summed E-state index contributed by atoms with van der Waals surface area (Å²) < 4.78 is 6.85. The number of carbonyl (C=O) groups excluding carboxylic acids is 1. The number of rotatable bonds is 4. The number of carbonyl (C=O) groups is 1. The molecule has 0 radical (unpaired) electrons. The molecule has 1 aromatic heterocycles. The van der Waals surface area contributed by atoms with Gasteiger partial charge < -0.3 is 14.4 Å². The lowest BCUT2D eigenvalue weighted by Gasteiger charge is -2.25. The molecule has 2 aromatic carbocycles. The topological polar surface area (TPSA) is 70.8 Å². The van der Waals surface area contributed by atoms with Crippen LogP contribution in [-0.2, 0) is 0 Å². The van der Waals surface area contributed by atoms with Gasteiger partial charge in [-0.2, -0.15) is 0 Å². The molecule has 0 bridgehead atoms. The van der Waals surface area contributed by atoms with E-state index < -0.39 is 6.04 Å². The van der Waals surface area contributed by atoms with Crippen molar-refractivity contribution in [3.8, 4) is 0 Å². The Hall–Kier alpha value is -2.44. The predicted molar refractivity (Wildman–Crippen MR) is 111 cm³/mol. The minimum atomic E-state index is -0.534. The fourth-order valence-corrected chi connectivity index (χ4v) is 4.43. The smallest absolute Gasteiger partial charge is 0.290 e. The van der Waals surface area contributed by atoms with Crippen LogP contribution in [0.2, 0.25) is 0 Å². The molecule has 0 aliphatic carbocycles. The van der Waals surface area contributed by atoms with E-state index in [-0.39, 0.29) is 23.7 Å². The van der Waals surface area contributed by atoms with Crippen molar-refractivity contribution in [1.29, 1.82) is 0 Å². The van der Waals surface area contributed by atoms with Crippen LogP contribution in [0, 0.1) is 13.8 Å². The molecule has 1 N–H and O–H groups in total. The fourth-order valence-electron chi connectivity index (χ4n) is 4.01. The number of halogens is 1. The van der Waals surface area contributed by atoms with Gasteiger partial charge in [-0.1, -0.05) is 34.1 Å². The fraction of sp³-hybridized carbons (Fsp3) is 0.273. The van der Waals surface area contributed by atoms with Crippen LogP contribution in [0.3, 0.4) is 0 Å². The maximum atomic E-state index is 13.5. The van der Waals surface area contributed by atoms with Crippen molar-refractivity contribution < 1.29 is 14.3 Å². The van der Waals surface area contributed by atoms with Crippen molar-refractivity contribution >= 4 is 32.8 Å². The quantitative estimate of drug-likeness (QED) is 0.661. The second kappa shape index (κ2) is 7.18. The molecule has 0 saturated heterocycles. The minimum absolute atomic E-state index is 0.0347. The van der Waals surface area contributed by atoms with Crippen LogP contribution in [0.25, 0.3) is 11.0 Å². The van der Waals surface area contributed by atoms with Crippen LogP contribution in [0.4, 0.5) is 0 Å². The zero-order valence-electron chi connectivity index (χ0n) is 15.7. The molecule has 1 amide bonds. The number of hydrogen-bond acceptors (Lipinski definition) is 4. The number of hydrogen-bond donors (Lipinski definition) is 1. The highest BCUT2D eigenvalue weighted by atomic mass is 79.9. The number of fused-ring (bicyclic) bond motifs is 2. The molecule has 3 aromatic rings. The minimum Gasteiger partial charge on any atom is -0.450 e. The maximum Gasteiger partial charge on any atom is 0.290 e. The third kappa shape index (κ3) is 2.97. The van der Waals surface area contributed by atoms with E-state index in [0.29, 0.717) is 29.5 Å². The highest BCUT2D eigenvalue weighted by molar-refractivity contribution is 9.10. The van der Waals surface area contributed by atoms with Gasteiger partial charge in [0.1, 0.15) is 5.58 Å². The molecule has 6 heteroatoms. The Kier molecular flexibility index (Phi) is 4.85. The van der Waals surface area contributed by atoms with E-state index in [0.717, 1.165) is 21.2 Å². The molecule has 1 aliphatic heterocycles. The monoisotopic (exact) mass is 441 g/mol. The van der Waals surface area contributed by atoms with E-state index in [9.17, 15) is 14.7 Å². The van der Waals surface area contributed by atoms with Gasteiger partial charge in [0.05, 0.1) is 17.0 Å². The lowest BCUT2D eigenvalue weighted by Crippen LogP contribution is -2.31. The average Bonchev–Trinajstić information content (AvgIpc) is 2.92.